The number of hydrogen-bond donors (Lipinski definition) is 2. The van der Waals surface area contributed by atoms with E-state index in [-0.39, 0.29) is 5.91 Å². The highest BCUT2D eigenvalue weighted by atomic mass is 35.5. The van der Waals surface area contributed by atoms with Gasteiger partial charge in [0.05, 0.1) is 5.69 Å². The Balaban J connectivity index is 1.12. The number of anilines is 1. The highest BCUT2D eigenvalue weighted by Crippen LogP contribution is 2.52. The van der Waals surface area contributed by atoms with Gasteiger partial charge in [0, 0.05) is 34.8 Å². The molecule has 1 aromatic carbocycles. The van der Waals surface area contributed by atoms with Crippen molar-refractivity contribution in [3.8, 4) is 0 Å². The van der Waals surface area contributed by atoms with Crippen molar-refractivity contribution in [3.63, 3.8) is 0 Å². The molecule has 3 aliphatic heterocycles. The number of carbonyl (C=O) groups is 1. The molecule has 0 radical (unpaired) electrons. The molecule has 6 nitrogen and oxygen atoms in total. The van der Waals surface area contributed by atoms with Gasteiger partial charge in [-0.25, -0.2) is 9.58 Å². The molecule has 1 amide bonds. The molecule has 5 heterocycles. The SMILES string of the molecule is Cc1ccc2c(N)c(C(=O)NCCc3ccc([N+]45CC6CCC(C4)N65)cc3Cl)sc2n1. The minimum atomic E-state index is -0.156. The van der Waals surface area contributed by atoms with Gasteiger partial charge in [-0.1, -0.05) is 17.7 Å². The van der Waals surface area contributed by atoms with Crippen molar-refractivity contribution in [1.82, 2.24) is 19.9 Å². The Kier molecular flexibility index (Phi) is 4.34. The number of rotatable bonds is 5. The number of nitrogens with zero attached hydrogens (tertiary/aromatic N) is 3. The maximum Gasteiger partial charge on any atom is 0.263 e. The van der Waals surface area contributed by atoms with Crippen LogP contribution >= 0.6 is 22.9 Å². The number of aryl methyl sites for hydroxylation is 1. The summed E-state index contributed by atoms with van der Waals surface area (Å²) in [6.07, 6.45) is 3.37. The Bertz CT molecular complexity index is 1210. The van der Waals surface area contributed by atoms with Crippen LogP contribution in [0.25, 0.3) is 10.2 Å². The van der Waals surface area contributed by atoms with Crippen molar-refractivity contribution in [1.29, 1.82) is 0 Å². The lowest BCUT2D eigenvalue weighted by molar-refractivity contribution is -0.231. The quantitative estimate of drug-likeness (QED) is 0.573. The summed E-state index contributed by atoms with van der Waals surface area (Å²) < 4.78 is 0.991. The number of piperazine rings is 1. The standard InChI is InChI=1S/C23H24ClN5OS/c1-13-2-7-18-20(25)21(31-23(18)27-13)22(30)26-9-8-14-3-6-17(10-19(14)24)29-11-15-4-5-16(12-29)28(15)29/h2-3,6-7,10,15-16H,4-5,8-9,11-12H2,1H3,(H2-,25,26,30)/p+1. The van der Waals surface area contributed by atoms with Crippen LogP contribution in [0.4, 0.5) is 11.4 Å². The molecule has 3 fully saturated rings. The van der Waals surface area contributed by atoms with Crippen molar-refractivity contribution in [2.45, 2.75) is 38.3 Å². The predicted octanol–water partition coefficient (Wildman–Crippen LogP) is 3.90. The third-order valence-electron chi connectivity index (χ3n) is 7.19. The summed E-state index contributed by atoms with van der Waals surface area (Å²) in [4.78, 5) is 18.5. The first-order chi connectivity index (χ1) is 15.0. The number of quaternary nitrogens is 1. The Labute approximate surface area is 190 Å². The molecule has 2 atom stereocenters. The van der Waals surface area contributed by atoms with Gasteiger partial charge in [0.2, 0.25) is 0 Å². The van der Waals surface area contributed by atoms with E-state index in [4.69, 9.17) is 17.3 Å². The zero-order valence-corrected chi connectivity index (χ0v) is 19.0. The molecule has 31 heavy (non-hydrogen) atoms. The number of carbonyl (C=O) groups excluding carboxylic acids is 1. The van der Waals surface area contributed by atoms with E-state index in [1.807, 2.05) is 19.1 Å². The van der Waals surface area contributed by atoms with Gasteiger partial charge in [-0.3, -0.25) is 4.79 Å². The first-order valence-corrected chi connectivity index (χ1v) is 12.0. The third kappa shape index (κ3) is 2.84. The summed E-state index contributed by atoms with van der Waals surface area (Å²) in [5.74, 6) is -0.156. The number of benzene rings is 1. The minimum Gasteiger partial charge on any atom is -0.397 e. The van der Waals surface area contributed by atoms with Crippen LogP contribution in [0, 0.1) is 6.92 Å². The molecule has 160 valence electrons. The second-order valence-electron chi connectivity index (χ2n) is 8.98. The number of thiophene rings is 1. The summed E-state index contributed by atoms with van der Waals surface area (Å²) >= 11 is 7.98. The van der Waals surface area contributed by atoms with Crippen LogP contribution in [0.1, 0.15) is 33.8 Å². The number of hydrogen-bond acceptors (Lipinski definition) is 5. The van der Waals surface area contributed by atoms with Gasteiger partial charge < -0.3 is 11.1 Å². The van der Waals surface area contributed by atoms with Crippen LogP contribution in [0.3, 0.4) is 0 Å². The van der Waals surface area contributed by atoms with Crippen molar-refractivity contribution in [2.75, 3.05) is 25.4 Å². The highest BCUT2D eigenvalue weighted by molar-refractivity contribution is 7.21. The van der Waals surface area contributed by atoms with Crippen LogP contribution in [0.2, 0.25) is 5.02 Å². The van der Waals surface area contributed by atoms with Gasteiger partial charge in [-0.2, -0.15) is 0 Å². The molecule has 0 aliphatic carbocycles. The summed E-state index contributed by atoms with van der Waals surface area (Å²) in [5.41, 5.74) is 9.97. The highest BCUT2D eigenvalue weighted by Gasteiger charge is 2.69. The molecule has 3 aromatic rings. The number of nitrogens with two attached hydrogens (primary N) is 1. The maximum absolute atomic E-state index is 12.7. The van der Waals surface area contributed by atoms with Gasteiger partial charge in [-0.05, 0) is 43.9 Å². The lowest BCUT2D eigenvalue weighted by Gasteiger charge is -2.65. The Morgan fingerprint density at radius 1 is 1.29 bits per heavy atom. The van der Waals surface area contributed by atoms with Gasteiger partial charge in [0.1, 0.15) is 34.9 Å². The van der Waals surface area contributed by atoms with E-state index >= 15 is 0 Å². The molecule has 8 heteroatoms. The fraction of sp³-hybridized carbons (Fsp3) is 0.391. The monoisotopic (exact) mass is 454 g/mol. The molecule has 2 unspecified atom stereocenters. The smallest absolute Gasteiger partial charge is 0.263 e. The van der Waals surface area contributed by atoms with Gasteiger partial charge in [0.15, 0.2) is 5.69 Å². The molecule has 2 aromatic heterocycles. The molecule has 3 N–H and O–H groups in total. The maximum atomic E-state index is 12.7. The molecule has 6 rings (SSSR count). The van der Waals surface area contributed by atoms with Crippen LogP contribution in [0.15, 0.2) is 30.3 Å². The zero-order chi connectivity index (χ0) is 21.3. The molecule has 3 aliphatic rings. The summed E-state index contributed by atoms with van der Waals surface area (Å²) in [6.45, 7) is 4.87. The molecule has 0 saturated carbocycles. The van der Waals surface area contributed by atoms with E-state index in [2.05, 4.69) is 33.5 Å². The predicted molar refractivity (Wildman–Crippen MR) is 126 cm³/mol. The first-order valence-electron chi connectivity index (χ1n) is 10.8. The molecular weight excluding hydrogens is 430 g/mol. The van der Waals surface area contributed by atoms with Crippen LogP contribution < -0.4 is 15.6 Å². The number of halogens is 1. The van der Waals surface area contributed by atoms with Crippen LogP contribution in [-0.2, 0) is 6.42 Å². The number of nitrogen functional groups attached to an aromatic ring is 1. The first kappa shape index (κ1) is 19.5. The number of nitrogens with one attached hydrogen (secondary N) is 1. The average Bonchev–Trinajstić information content (AvgIpc) is 3.08. The van der Waals surface area contributed by atoms with Crippen molar-refractivity contribution >= 4 is 50.4 Å². The van der Waals surface area contributed by atoms with Crippen molar-refractivity contribution in [2.24, 2.45) is 0 Å². The lowest BCUT2D eigenvalue weighted by atomic mass is 10.0. The largest absolute Gasteiger partial charge is 0.397 e. The summed E-state index contributed by atoms with van der Waals surface area (Å²) in [7, 11) is 0. The van der Waals surface area contributed by atoms with Crippen molar-refractivity contribution < 1.29 is 4.79 Å². The van der Waals surface area contributed by atoms with Crippen LogP contribution in [-0.4, -0.2) is 47.6 Å². The van der Waals surface area contributed by atoms with E-state index in [9.17, 15) is 4.79 Å². The Morgan fingerprint density at radius 3 is 2.81 bits per heavy atom. The fourth-order valence-corrected chi connectivity index (χ4v) is 7.01. The van der Waals surface area contributed by atoms with E-state index in [0.29, 0.717) is 23.5 Å². The topological polar surface area (TPSA) is 71.2 Å². The van der Waals surface area contributed by atoms with E-state index < -0.39 is 0 Å². The van der Waals surface area contributed by atoms with Gasteiger partial charge >= 0.3 is 0 Å². The Morgan fingerprint density at radius 2 is 2.06 bits per heavy atom. The molecule has 3 saturated heterocycles. The zero-order valence-electron chi connectivity index (χ0n) is 17.4. The van der Waals surface area contributed by atoms with Gasteiger partial charge in [-0.15, -0.1) is 16.3 Å². The van der Waals surface area contributed by atoms with Crippen molar-refractivity contribution in [3.05, 3.63) is 51.5 Å². The summed E-state index contributed by atoms with van der Waals surface area (Å²) in [5, 5.41) is 7.26. The number of fused-ring (bicyclic) bond motifs is 1. The van der Waals surface area contributed by atoms with E-state index in [1.165, 1.54) is 43.0 Å². The number of aromatic nitrogens is 1. The van der Waals surface area contributed by atoms with E-state index in [1.54, 1.807) is 0 Å². The lowest BCUT2D eigenvalue weighted by Crippen LogP contribution is -2.88. The molecule has 0 bridgehead atoms. The minimum absolute atomic E-state index is 0.156. The Hall–Kier alpha value is -2.19. The fourth-order valence-electron chi connectivity index (χ4n) is 5.68. The number of amides is 1. The normalized spacial score (nSPS) is 26.4. The van der Waals surface area contributed by atoms with E-state index in [0.717, 1.165) is 43.2 Å². The number of pyridine rings is 1. The van der Waals surface area contributed by atoms with Crippen LogP contribution in [0.5, 0.6) is 0 Å². The third-order valence-corrected chi connectivity index (χ3v) is 8.65. The second kappa shape index (κ2) is 6.90. The molecule has 0 spiro atoms. The average molecular weight is 455 g/mol. The van der Waals surface area contributed by atoms with Gasteiger partial charge in [0.25, 0.3) is 5.91 Å². The second-order valence-corrected chi connectivity index (χ2v) is 10.4. The molecular formula is C23H25ClN5OS+. The summed E-state index contributed by atoms with van der Waals surface area (Å²) in [6, 6.07) is 11.8.